The van der Waals surface area contributed by atoms with E-state index in [2.05, 4.69) is 31.1 Å². The molecule has 1 N–H and O–H groups in total. The zero-order valence-corrected chi connectivity index (χ0v) is 20.8. The molecule has 1 aliphatic heterocycles. The second kappa shape index (κ2) is 11.4. The molecule has 0 unspecified atom stereocenters. The Labute approximate surface area is 201 Å². The topological polar surface area (TPSA) is 80.3 Å². The number of carbonyl (C=O) groups excluding carboxylic acids is 2. The minimum atomic E-state index is -0.294. The van der Waals surface area contributed by atoms with Gasteiger partial charge in [-0.05, 0) is 56.3 Å². The van der Waals surface area contributed by atoms with Crippen LogP contribution >= 0.6 is 0 Å². The molecule has 0 saturated heterocycles. The summed E-state index contributed by atoms with van der Waals surface area (Å²) in [6.07, 6.45) is -0.108. The van der Waals surface area contributed by atoms with E-state index in [1.807, 2.05) is 0 Å². The molecule has 2 amide bonds. The number of methoxy groups -OCH3 is 2. The van der Waals surface area contributed by atoms with Crippen LogP contribution in [0.2, 0.25) is 0 Å². The van der Waals surface area contributed by atoms with Gasteiger partial charge in [-0.15, -0.1) is 0 Å². The van der Waals surface area contributed by atoms with Gasteiger partial charge in [0.15, 0.2) is 0 Å². The van der Waals surface area contributed by atoms with Crippen molar-refractivity contribution in [3.8, 4) is 11.5 Å². The molecule has 0 radical (unpaired) electrons. The molecular formula is C26H35N3O5. The average Bonchev–Trinajstić information content (AvgIpc) is 2.84. The van der Waals surface area contributed by atoms with Gasteiger partial charge in [0.25, 0.3) is 11.8 Å². The van der Waals surface area contributed by atoms with Crippen molar-refractivity contribution in [3.05, 3.63) is 53.6 Å². The summed E-state index contributed by atoms with van der Waals surface area (Å²) < 4.78 is 17.0. The maximum atomic E-state index is 13.4. The first kappa shape index (κ1) is 25.5. The maximum Gasteiger partial charge on any atom is 0.257 e. The third kappa shape index (κ3) is 6.07. The van der Waals surface area contributed by atoms with E-state index in [1.54, 1.807) is 68.6 Å². The predicted octanol–water partition coefficient (Wildman–Crippen LogP) is 3.38. The molecule has 184 valence electrons. The molecule has 2 aromatic carbocycles. The van der Waals surface area contributed by atoms with Crippen LogP contribution in [0, 0.1) is 5.92 Å². The van der Waals surface area contributed by atoms with E-state index in [1.165, 1.54) is 0 Å². The van der Waals surface area contributed by atoms with Crippen LogP contribution in [0.5, 0.6) is 11.5 Å². The molecule has 34 heavy (non-hydrogen) atoms. The fourth-order valence-electron chi connectivity index (χ4n) is 4.00. The summed E-state index contributed by atoms with van der Waals surface area (Å²) in [4.78, 5) is 30.1. The van der Waals surface area contributed by atoms with E-state index >= 15 is 0 Å². The highest BCUT2D eigenvalue weighted by molar-refractivity contribution is 6.05. The number of carbonyl (C=O) groups is 2. The third-order valence-electron chi connectivity index (χ3n) is 6.35. The summed E-state index contributed by atoms with van der Waals surface area (Å²) in [5, 5.41) is 2.87. The number of rotatable bonds is 4. The van der Waals surface area contributed by atoms with Crippen molar-refractivity contribution in [1.29, 1.82) is 0 Å². The Hall–Kier alpha value is -3.10. The largest absolute Gasteiger partial charge is 0.497 e. The van der Waals surface area contributed by atoms with Crippen LogP contribution in [0.1, 0.15) is 34.6 Å². The van der Waals surface area contributed by atoms with Gasteiger partial charge in [0.05, 0.1) is 18.8 Å². The summed E-state index contributed by atoms with van der Waals surface area (Å²) in [5.74, 6) is 0.816. The van der Waals surface area contributed by atoms with E-state index in [-0.39, 0.29) is 29.9 Å². The Morgan fingerprint density at radius 1 is 1.09 bits per heavy atom. The molecule has 1 aliphatic rings. The number of nitrogens with zero attached hydrogens (tertiary/aromatic N) is 2. The lowest BCUT2D eigenvalue weighted by molar-refractivity contribution is 0.0150. The maximum absolute atomic E-state index is 13.4. The highest BCUT2D eigenvalue weighted by Crippen LogP contribution is 2.27. The van der Waals surface area contributed by atoms with Crippen LogP contribution in [0.4, 0.5) is 5.69 Å². The highest BCUT2D eigenvalue weighted by Gasteiger charge is 2.27. The first-order valence-electron chi connectivity index (χ1n) is 11.4. The van der Waals surface area contributed by atoms with E-state index in [0.29, 0.717) is 41.5 Å². The number of fused-ring (bicyclic) bond motifs is 1. The van der Waals surface area contributed by atoms with Gasteiger partial charge in [-0.1, -0.05) is 13.0 Å². The van der Waals surface area contributed by atoms with Gasteiger partial charge in [-0.2, -0.15) is 0 Å². The molecule has 3 atom stereocenters. The quantitative estimate of drug-likeness (QED) is 0.740. The fourth-order valence-corrected chi connectivity index (χ4v) is 4.00. The Kier molecular flexibility index (Phi) is 8.52. The number of hydrogen-bond acceptors (Lipinski definition) is 6. The summed E-state index contributed by atoms with van der Waals surface area (Å²) in [6.45, 7) is 5.92. The molecule has 0 saturated carbocycles. The first-order valence-corrected chi connectivity index (χ1v) is 11.4. The van der Waals surface area contributed by atoms with Crippen molar-refractivity contribution < 1.29 is 23.8 Å². The minimum absolute atomic E-state index is 0.108. The van der Waals surface area contributed by atoms with E-state index < -0.39 is 0 Å². The zero-order valence-electron chi connectivity index (χ0n) is 20.8. The van der Waals surface area contributed by atoms with Gasteiger partial charge in [-0.25, -0.2) is 0 Å². The lowest BCUT2D eigenvalue weighted by Crippen LogP contribution is -2.45. The average molecular weight is 470 g/mol. The summed E-state index contributed by atoms with van der Waals surface area (Å²) in [7, 11) is 7.05. The first-order chi connectivity index (χ1) is 16.2. The van der Waals surface area contributed by atoms with E-state index in [0.717, 1.165) is 6.54 Å². The molecule has 2 aromatic rings. The molecule has 0 spiro atoms. The summed E-state index contributed by atoms with van der Waals surface area (Å²) in [6, 6.07) is 12.2. The lowest BCUT2D eigenvalue weighted by Gasteiger charge is -2.34. The molecule has 8 heteroatoms. The normalized spacial score (nSPS) is 22.1. The molecular weight excluding hydrogens is 434 g/mol. The molecule has 3 rings (SSSR count). The third-order valence-corrected chi connectivity index (χ3v) is 6.35. The second-order valence-electron chi connectivity index (χ2n) is 8.93. The van der Waals surface area contributed by atoms with Crippen LogP contribution in [-0.2, 0) is 4.74 Å². The Balaban J connectivity index is 1.90. The molecule has 1 heterocycles. The Bertz CT molecular complexity index is 1010. The van der Waals surface area contributed by atoms with Crippen LogP contribution in [0.3, 0.4) is 0 Å². The molecule has 0 fully saturated rings. The molecule has 0 aromatic heterocycles. The number of ether oxygens (including phenoxy) is 3. The van der Waals surface area contributed by atoms with Crippen LogP contribution in [-0.4, -0.2) is 81.8 Å². The Morgan fingerprint density at radius 2 is 1.85 bits per heavy atom. The van der Waals surface area contributed by atoms with Gasteiger partial charge in [0.2, 0.25) is 0 Å². The van der Waals surface area contributed by atoms with Crippen LogP contribution in [0.25, 0.3) is 0 Å². The smallest absolute Gasteiger partial charge is 0.257 e. The van der Waals surface area contributed by atoms with E-state index in [4.69, 9.17) is 14.2 Å². The van der Waals surface area contributed by atoms with Crippen molar-refractivity contribution in [2.75, 3.05) is 53.3 Å². The van der Waals surface area contributed by atoms with Gasteiger partial charge in [0.1, 0.15) is 18.1 Å². The Morgan fingerprint density at radius 3 is 2.56 bits per heavy atom. The number of likely N-dealkylation sites (N-methyl/N-ethyl adjacent to an activating group) is 2. The van der Waals surface area contributed by atoms with Crippen molar-refractivity contribution in [1.82, 2.24) is 9.80 Å². The summed E-state index contributed by atoms with van der Waals surface area (Å²) >= 11 is 0. The lowest BCUT2D eigenvalue weighted by atomic mass is 10.0. The SMILES string of the molecule is COc1cccc(C(=O)Nc2ccc3c(c2)C(=O)N(C)C[C@H](OC)[C@H](C)CN(C)[C@@H](C)CO3)c1. The number of nitrogens with one attached hydrogen (secondary N) is 1. The second-order valence-corrected chi connectivity index (χ2v) is 8.93. The monoisotopic (exact) mass is 469 g/mol. The number of hydrogen-bond donors (Lipinski definition) is 1. The van der Waals surface area contributed by atoms with Gasteiger partial charge in [-0.3, -0.25) is 14.5 Å². The van der Waals surface area contributed by atoms with E-state index in [9.17, 15) is 9.59 Å². The zero-order chi connectivity index (χ0) is 24.8. The van der Waals surface area contributed by atoms with Crippen molar-refractivity contribution in [2.45, 2.75) is 26.0 Å². The van der Waals surface area contributed by atoms with Gasteiger partial charge in [0, 0.05) is 44.5 Å². The highest BCUT2D eigenvalue weighted by atomic mass is 16.5. The van der Waals surface area contributed by atoms with Crippen LogP contribution in [0.15, 0.2) is 42.5 Å². The minimum Gasteiger partial charge on any atom is -0.497 e. The molecule has 0 bridgehead atoms. The number of amides is 2. The van der Waals surface area contributed by atoms with Gasteiger partial charge >= 0.3 is 0 Å². The van der Waals surface area contributed by atoms with Crippen molar-refractivity contribution >= 4 is 17.5 Å². The number of anilines is 1. The molecule has 8 nitrogen and oxygen atoms in total. The van der Waals surface area contributed by atoms with Crippen molar-refractivity contribution in [3.63, 3.8) is 0 Å². The standard InChI is InChI=1S/C26H35N3O5/c1-17-14-28(3)18(2)16-34-23-11-10-20(13-22(23)26(31)29(4)15-24(17)33-6)27-25(30)19-8-7-9-21(12-19)32-5/h7-13,17-18,24H,14-16H2,1-6H3,(H,27,30)/t17-,18+,24+/m1/s1. The fraction of sp³-hybridized carbons (Fsp3) is 0.462. The number of benzene rings is 2. The molecule has 0 aliphatic carbocycles. The predicted molar refractivity (Wildman–Crippen MR) is 132 cm³/mol. The van der Waals surface area contributed by atoms with Gasteiger partial charge < -0.3 is 24.4 Å². The van der Waals surface area contributed by atoms with Crippen molar-refractivity contribution in [2.24, 2.45) is 5.92 Å². The summed E-state index contributed by atoms with van der Waals surface area (Å²) in [5.41, 5.74) is 1.36. The van der Waals surface area contributed by atoms with Crippen LogP contribution < -0.4 is 14.8 Å².